The van der Waals surface area contributed by atoms with Gasteiger partial charge in [0.15, 0.2) is 0 Å². The summed E-state index contributed by atoms with van der Waals surface area (Å²) in [6.07, 6.45) is 1.14. The molecule has 0 radical (unpaired) electrons. The van der Waals surface area contributed by atoms with Gasteiger partial charge in [-0.3, -0.25) is 0 Å². The molecule has 3 nitrogen and oxygen atoms in total. The molecule has 1 rings (SSSR count). The lowest BCUT2D eigenvalue weighted by molar-refractivity contribution is 1.11. The molecule has 1 aromatic rings. The van der Waals surface area contributed by atoms with E-state index in [0.29, 0.717) is 0 Å². The summed E-state index contributed by atoms with van der Waals surface area (Å²) in [5.41, 5.74) is 5.23. The number of anilines is 1. The first-order valence-corrected chi connectivity index (χ1v) is 2.08. The van der Waals surface area contributed by atoms with Crippen molar-refractivity contribution in [2.24, 2.45) is 0 Å². The van der Waals surface area contributed by atoms with Crippen molar-refractivity contribution >= 4 is 5.82 Å². The lowest BCUT2D eigenvalue weighted by Crippen LogP contribution is -1.90. The number of hydrogen-bond acceptors (Lipinski definition) is 3. The smallest absolute Gasteiger partial charge is 0.126 e. The van der Waals surface area contributed by atoms with E-state index in [4.69, 9.17) is 9.85 Å². The molecular formula is C5H7N3. The van der Waals surface area contributed by atoms with Crippen LogP contribution in [0.5, 0.6) is 0 Å². The van der Waals surface area contributed by atoms with Gasteiger partial charge in [0.2, 0.25) is 0 Å². The molecule has 0 saturated heterocycles. The van der Waals surface area contributed by atoms with Crippen LogP contribution in [-0.2, 0) is 0 Å². The lowest BCUT2D eigenvalue weighted by atomic mass is 10.4. The van der Waals surface area contributed by atoms with Crippen molar-refractivity contribution in [2.75, 3.05) is 5.73 Å². The Labute approximate surface area is 51.8 Å². The maximum atomic E-state index is 6.96. The normalized spacial score (nSPS) is 16.2. The van der Waals surface area contributed by atoms with Crippen LogP contribution in [0.15, 0.2) is 12.4 Å². The van der Waals surface area contributed by atoms with Crippen molar-refractivity contribution in [3.05, 3.63) is 18.1 Å². The highest BCUT2D eigenvalue weighted by Crippen LogP contribution is 1.94. The van der Waals surface area contributed by atoms with Gasteiger partial charge in [-0.25, -0.2) is 9.97 Å². The zero-order chi connectivity index (χ0) is 8.48. The fourth-order valence-electron chi connectivity index (χ4n) is 0.372. The van der Waals surface area contributed by atoms with Crippen LogP contribution < -0.4 is 5.73 Å². The first-order valence-electron chi connectivity index (χ1n) is 3.58. The van der Waals surface area contributed by atoms with Gasteiger partial charge in [-0.15, -0.1) is 0 Å². The second-order valence-corrected chi connectivity index (χ2v) is 1.33. The third kappa shape index (κ3) is 0.932. The fraction of sp³-hybridized carbons (Fsp3) is 0.200. The van der Waals surface area contributed by atoms with Crippen LogP contribution in [0.3, 0.4) is 0 Å². The average molecular weight is 112 g/mol. The van der Waals surface area contributed by atoms with E-state index >= 15 is 0 Å². The van der Waals surface area contributed by atoms with Crippen molar-refractivity contribution < 1.29 is 4.11 Å². The third-order valence-electron chi connectivity index (χ3n) is 0.688. The Balaban J connectivity index is 3.06. The molecule has 0 aliphatic heterocycles. The molecule has 1 aromatic heterocycles. The largest absolute Gasteiger partial charge is 0.384 e. The summed E-state index contributed by atoms with van der Waals surface area (Å²) in [4.78, 5) is 7.13. The first kappa shape index (κ1) is 2.44. The minimum atomic E-state index is -2.20. The summed E-state index contributed by atoms with van der Waals surface area (Å²) in [5.74, 6) is 0.172. The minimum Gasteiger partial charge on any atom is -0.384 e. The highest BCUT2D eigenvalue weighted by molar-refractivity contribution is 5.26. The van der Waals surface area contributed by atoms with E-state index in [1.54, 1.807) is 0 Å². The van der Waals surface area contributed by atoms with Crippen LogP contribution >= 0.6 is 0 Å². The Kier molecular flexibility index (Phi) is 0.541. The fourth-order valence-corrected chi connectivity index (χ4v) is 0.372. The molecule has 0 saturated carbocycles. The van der Waals surface area contributed by atoms with Gasteiger partial charge in [0.25, 0.3) is 0 Å². The predicted octanol–water partition coefficient (Wildman–Crippen LogP) is 0.367. The Morgan fingerprint density at radius 2 is 2.62 bits per heavy atom. The summed E-state index contributed by atoms with van der Waals surface area (Å²) >= 11 is 0. The molecule has 0 amide bonds. The van der Waals surface area contributed by atoms with E-state index in [2.05, 4.69) is 9.97 Å². The number of aryl methyl sites for hydroxylation is 1. The highest BCUT2D eigenvalue weighted by Gasteiger charge is 1.83. The molecule has 0 aliphatic rings. The Morgan fingerprint density at radius 3 is 3.12 bits per heavy atom. The molecule has 2 N–H and O–H groups in total. The Hall–Kier alpha value is -1.12. The summed E-state index contributed by atoms with van der Waals surface area (Å²) < 4.78 is 20.9. The molecule has 3 heteroatoms. The molecule has 0 unspecified atom stereocenters. The van der Waals surface area contributed by atoms with E-state index in [1.165, 1.54) is 6.07 Å². The standard InChI is InChI=1S/C5H7N3/c1-4-2-5(6)8-3-7-4/h2-3H,1H3,(H2,6,7,8)/i1D3. The number of rotatable bonds is 0. The van der Waals surface area contributed by atoms with Crippen molar-refractivity contribution in [1.82, 2.24) is 9.97 Å². The van der Waals surface area contributed by atoms with Gasteiger partial charge in [-0.2, -0.15) is 0 Å². The van der Waals surface area contributed by atoms with Crippen LogP contribution in [0.1, 0.15) is 9.81 Å². The van der Waals surface area contributed by atoms with Crippen LogP contribution in [0.4, 0.5) is 5.82 Å². The van der Waals surface area contributed by atoms with Gasteiger partial charge in [-0.05, 0) is 6.85 Å². The maximum Gasteiger partial charge on any atom is 0.126 e. The summed E-state index contributed by atoms with van der Waals surface area (Å²) in [6, 6.07) is 1.24. The van der Waals surface area contributed by atoms with Gasteiger partial charge in [0.05, 0.1) is 0 Å². The quantitative estimate of drug-likeness (QED) is 0.527. The molecule has 0 bridgehead atoms. The van der Waals surface area contributed by atoms with Crippen LogP contribution in [0.2, 0.25) is 0 Å². The molecule has 0 fully saturated rings. The van der Waals surface area contributed by atoms with Crippen LogP contribution in [-0.4, -0.2) is 9.97 Å². The summed E-state index contributed by atoms with van der Waals surface area (Å²) in [6.45, 7) is -2.20. The second-order valence-electron chi connectivity index (χ2n) is 1.33. The number of nitrogens with two attached hydrogens (primary N) is 1. The van der Waals surface area contributed by atoms with E-state index in [-0.39, 0.29) is 11.5 Å². The number of hydrogen-bond donors (Lipinski definition) is 1. The van der Waals surface area contributed by atoms with Gasteiger partial charge < -0.3 is 5.73 Å². The topological polar surface area (TPSA) is 51.8 Å². The zero-order valence-electron chi connectivity index (χ0n) is 7.13. The molecule has 0 aromatic carbocycles. The van der Waals surface area contributed by atoms with Gasteiger partial charge in [0.1, 0.15) is 12.1 Å². The number of aromatic nitrogens is 2. The zero-order valence-corrected chi connectivity index (χ0v) is 4.13. The molecular weight excluding hydrogens is 102 g/mol. The van der Waals surface area contributed by atoms with Gasteiger partial charge >= 0.3 is 0 Å². The molecule has 0 aliphatic carbocycles. The predicted molar refractivity (Wildman–Crippen MR) is 31.2 cm³/mol. The van der Waals surface area contributed by atoms with E-state index in [1.807, 2.05) is 0 Å². The van der Waals surface area contributed by atoms with Crippen LogP contribution in [0.25, 0.3) is 0 Å². The molecule has 1 heterocycles. The maximum absolute atomic E-state index is 6.96. The number of nitrogens with zero attached hydrogens (tertiary/aromatic N) is 2. The van der Waals surface area contributed by atoms with Crippen LogP contribution in [0, 0.1) is 6.85 Å². The first-order chi connectivity index (χ1) is 5.00. The lowest BCUT2D eigenvalue weighted by Gasteiger charge is -1.89. The second kappa shape index (κ2) is 1.78. The molecule has 0 spiro atoms. The Bertz CT molecular complexity index is 257. The summed E-state index contributed by atoms with van der Waals surface area (Å²) in [7, 11) is 0. The molecule has 42 valence electrons. The molecule has 0 atom stereocenters. The SMILES string of the molecule is [2H]C([2H])([2H])c1cc(N)ncn1. The van der Waals surface area contributed by atoms with Crippen molar-refractivity contribution in [1.29, 1.82) is 0 Å². The van der Waals surface area contributed by atoms with Crippen molar-refractivity contribution in [3.63, 3.8) is 0 Å². The van der Waals surface area contributed by atoms with Crippen molar-refractivity contribution in [2.45, 2.75) is 6.85 Å². The minimum absolute atomic E-state index is 0.0231. The van der Waals surface area contributed by atoms with E-state index in [9.17, 15) is 0 Å². The third-order valence-corrected chi connectivity index (χ3v) is 0.688. The van der Waals surface area contributed by atoms with E-state index < -0.39 is 6.85 Å². The monoisotopic (exact) mass is 112 g/mol. The Morgan fingerprint density at radius 1 is 1.75 bits per heavy atom. The molecule has 8 heavy (non-hydrogen) atoms. The van der Waals surface area contributed by atoms with Crippen molar-refractivity contribution in [3.8, 4) is 0 Å². The summed E-state index contributed by atoms with van der Waals surface area (Å²) in [5, 5.41) is 0. The van der Waals surface area contributed by atoms with Gasteiger partial charge in [-0.1, -0.05) is 0 Å². The number of nitrogen functional groups attached to an aromatic ring is 1. The highest BCUT2D eigenvalue weighted by atomic mass is 14.9. The average Bonchev–Trinajstić information content (AvgIpc) is 1.86. The van der Waals surface area contributed by atoms with E-state index in [0.717, 1.165) is 6.33 Å². The van der Waals surface area contributed by atoms with Gasteiger partial charge in [0, 0.05) is 15.9 Å².